The summed E-state index contributed by atoms with van der Waals surface area (Å²) in [6.07, 6.45) is 3.66. The van der Waals surface area contributed by atoms with Crippen LogP contribution in [-0.2, 0) is 9.59 Å². The zero-order valence-corrected chi connectivity index (χ0v) is 15.7. The molecule has 2 saturated heterocycles. The van der Waals surface area contributed by atoms with Crippen LogP contribution < -0.4 is 0 Å². The molecular weight excluding hydrogens is 333 g/mol. The molecule has 2 heterocycles. The fraction of sp³-hybridized carbons (Fsp3) is 0.600. The summed E-state index contributed by atoms with van der Waals surface area (Å²) in [5, 5.41) is 0. The van der Waals surface area contributed by atoms with Crippen LogP contribution in [0.25, 0.3) is 0 Å². The predicted octanol–water partition coefficient (Wildman–Crippen LogP) is 2.29. The topological polar surface area (TPSA) is 43.9 Å². The van der Waals surface area contributed by atoms with E-state index in [1.165, 1.54) is 12.1 Å². The van der Waals surface area contributed by atoms with Crippen molar-refractivity contribution in [3.63, 3.8) is 0 Å². The van der Waals surface area contributed by atoms with Crippen molar-refractivity contribution in [1.82, 2.24) is 14.7 Å². The van der Waals surface area contributed by atoms with Crippen LogP contribution in [0.1, 0.15) is 37.3 Å². The highest BCUT2D eigenvalue weighted by Crippen LogP contribution is 2.26. The lowest BCUT2D eigenvalue weighted by Gasteiger charge is -2.36. The monoisotopic (exact) mass is 361 g/mol. The van der Waals surface area contributed by atoms with E-state index in [4.69, 9.17) is 0 Å². The number of hydrogen-bond acceptors (Lipinski definition) is 3. The van der Waals surface area contributed by atoms with Crippen LogP contribution in [0, 0.1) is 11.7 Å². The molecule has 5 nitrogen and oxygen atoms in total. The van der Waals surface area contributed by atoms with Crippen molar-refractivity contribution < 1.29 is 14.0 Å². The second kappa shape index (κ2) is 8.16. The van der Waals surface area contributed by atoms with Gasteiger partial charge in [-0.2, -0.15) is 0 Å². The van der Waals surface area contributed by atoms with Crippen LogP contribution in [0.4, 0.5) is 4.39 Å². The smallest absolute Gasteiger partial charge is 0.244 e. The van der Waals surface area contributed by atoms with Crippen LogP contribution in [0.15, 0.2) is 24.3 Å². The summed E-state index contributed by atoms with van der Waals surface area (Å²) in [5.74, 6) is 0.0201. The minimum absolute atomic E-state index is 0.0219. The van der Waals surface area contributed by atoms with Gasteiger partial charge in [-0.25, -0.2) is 4.39 Å². The van der Waals surface area contributed by atoms with Gasteiger partial charge < -0.3 is 9.80 Å². The highest BCUT2D eigenvalue weighted by Gasteiger charge is 2.34. The SMILES string of the molecule is CN(C)[C@@H](C(=O)N1CCC(C(=O)N2CCCC2)CC1)c1ccc(F)cc1. The van der Waals surface area contributed by atoms with Gasteiger partial charge in [0.2, 0.25) is 11.8 Å². The Labute approximate surface area is 154 Å². The molecule has 0 N–H and O–H groups in total. The van der Waals surface area contributed by atoms with Gasteiger partial charge in [-0.15, -0.1) is 0 Å². The molecule has 2 aliphatic rings. The molecule has 2 fully saturated rings. The number of rotatable bonds is 4. The summed E-state index contributed by atoms with van der Waals surface area (Å²) in [5.41, 5.74) is 0.789. The Balaban J connectivity index is 1.62. The second-order valence-corrected chi connectivity index (χ2v) is 7.55. The van der Waals surface area contributed by atoms with Gasteiger partial charge in [0.15, 0.2) is 0 Å². The fourth-order valence-corrected chi connectivity index (χ4v) is 4.02. The maximum Gasteiger partial charge on any atom is 0.244 e. The van der Waals surface area contributed by atoms with Gasteiger partial charge in [0.1, 0.15) is 11.9 Å². The summed E-state index contributed by atoms with van der Waals surface area (Å²) in [6, 6.07) is 5.69. The maximum atomic E-state index is 13.2. The van der Waals surface area contributed by atoms with Crippen LogP contribution >= 0.6 is 0 Å². The average molecular weight is 361 g/mol. The Bertz CT molecular complexity index is 633. The molecule has 2 aliphatic heterocycles. The van der Waals surface area contributed by atoms with Crippen LogP contribution in [-0.4, -0.2) is 66.8 Å². The second-order valence-electron chi connectivity index (χ2n) is 7.55. The standard InChI is InChI=1S/C20H28FN3O2/c1-22(2)18(15-5-7-17(21)8-6-15)20(26)24-13-9-16(10-14-24)19(25)23-11-3-4-12-23/h5-8,16,18H,3-4,9-14H2,1-2H3/t18-/m1/s1. The van der Waals surface area contributed by atoms with E-state index in [0.29, 0.717) is 13.1 Å². The molecular formula is C20H28FN3O2. The van der Waals surface area contributed by atoms with Crippen LogP contribution in [0.5, 0.6) is 0 Å². The van der Waals surface area contributed by atoms with Gasteiger partial charge in [-0.1, -0.05) is 12.1 Å². The molecule has 0 unspecified atom stereocenters. The number of piperidine rings is 1. The number of benzene rings is 1. The lowest BCUT2D eigenvalue weighted by molar-refractivity contribution is -0.142. The van der Waals surface area contributed by atoms with Gasteiger partial charge in [0.25, 0.3) is 0 Å². The molecule has 142 valence electrons. The Morgan fingerprint density at radius 3 is 2.12 bits per heavy atom. The highest BCUT2D eigenvalue weighted by molar-refractivity contribution is 5.84. The maximum absolute atomic E-state index is 13.2. The third kappa shape index (κ3) is 4.06. The van der Waals surface area contributed by atoms with Gasteiger partial charge in [0, 0.05) is 32.1 Å². The molecule has 0 spiro atoms. The number of amides is 2. The molecule has 3 rings (SSSR count). The van der Waals surface area contributed by atoms with E-state index < -0.39 is 6.04 Å². The first kappa shape index (κ1) is 18.8. The van der Waals surface area contributed by atoms with Crippen LogP contribution in [0.3, 0.4) is 0 Å². The molecule has 26 heavy (non-hydrogen) atoms. The Morgan fingerprint density at radius 1 is 1.00 bits per heavy atom. The van der Waals surface area contributed by atoms with E-state index in [0.717, 1.165) is 44.3 Å². The van der Waals surface area contributed by atoms with E-state index in [2.05, 4.69) is 0 Å². The Hall–Kier alpha value is -1.95. The van der Waals surface area contributed by atoms with Gasteiger partial charge in [0.05, 0.1) is 0 Å². The minimum Gasteiger partial charge on any atom is -0.342 e. The van der Waals surface area contributed by atoms with Crippen molar-refractivity contribution in [2.75, 3.05) is 40.3 Å². The zero-order chi connectivity index (χ0) is 18.7. The largest absolute Gasteiger partial charge is 0.342 e. The van der Waals surface area contributed by atoms with E-state index in [1.807, 2.05) is 28.8 Å². The number of nitrogens with zero attached hydrogens (tertiary/aromatic N) is 3. The van der Waals surface area contributed by atoms with Gasteiger partial charge >= 0.3 is 0 Å². The average Bonchev–Trinajstić information content (AvgIpc) is 3.17. The van der Waals surface area contributed by atoms with E-state index in [-0.39, 0.29) is 23.5 Å². The number of halogens is 1. The summed E-state index contributed by atoms with van der Waals surface area (Å²) >= 11 is 0. The molecule has 6 heteroatoms. The molecule has 1 aromatic carbocycles. The van der Waals surface area contributed by atoms with Crippen molar-refractivity contribution in [2.24, 2.45) is 5.92 Å². The molecule has 0 aromatic heterocycles. The number of hydrogen-bond donors (Lipinski definition) is 0. The number of carbonyl (C=O) groups excluding carboxylic acids is 2. The summed E-state index contributed by atoms with van der Waals surface area (Å²) in [4.78, 5) is 31.3. The zero-order valence-electron chi connectivity index (χ0n) is 15.7. The van der Waals surface area contributed by atoms with Crippen molar-refractivity contribution in [3.8, 4) is 0 Å². The summed E-state index contributed by atoms with van der Waals surface area (Å²) < 4.78 is 13.2. The first-order valence-electron chi connectivity index (χ1n) is 9.47. The minimum atomic E-state index is -0.429. The third-order valence-corrected chi connectivity index (χ3v) is 5.51. The van der Waals surface area contributed by atoms with E-state index in [9.17, 15) is 14.0 Å². The Morgan fingerprint density at radius 2 is 1.58 bits per heavy atom. The number of carbonyl (C=O) groups is 2. The third-order valence-electron chi connectivity index (χ3n) is 5.51. The van der Waals surface area contributed by atoms with Crippen LogP contribution in [0.2, 0.25) is 0 Å². The molecule has 1 atom stereocenters. The van der Waals surface area contributed by atoms with Crippen molar-refractivity contribution in [3.05, 3.63) is 35.6 Å². The van der Waals surface area contributed by atoms with Crippen molar-refractivity contribution in [1.29, 1.82) is 0 Å². The Kier molecular flexibility index (Phi) is 5.91. The summed E-state index contributed by atoms with van der Waals surface area (Å²) in [6.45, 7) is 2.97. The molecule has 2 amide bonds. The first-order chi connectivity index (χ1) is 12.5. The normalized spacial score (nSPS) is 19.8. The highest BCUT2D eigenvalue weighted by atomic mass is 19.1. The fourth-order valence-electron chi connectivity index (χ4n) is 4.02. The van der Waals surface area contributed by atoms with E-state index in [1.54, 1.807) is 12.1 Å². The number of likely N-dealkylation sites (N-methyl/N-ethyl adjacent to an activating group) is 1. The molecule has 0 bridgehead atoms. The predicted molar refractivity (Wildman–Crippen MR) is 97.9 cm³/mol. The van der Waals surface area contributed by atoms with Crippen molar-refractivity contribution in [2.45, 2.75) is 31.7 Å². The lowest BCUT2D eigenvalue weighted by Crippen LogP contribution is -2.47. The van der Waals surface area contributed by atoms with Crippen molar-refractivity contribution >= 4 is 11.8 Å². The molecule has 0 saturated carbocycles. The lowest BCUT2D eigenvalue weighted by atomic mass is 9.94. The summed E-state index contributed by atoms with van der Waals surface area (Å²) in [7, 11) is 3.71. The molecule has 0 aliphatic carbocycles. The first-order valence-corrected chi connectivity index (χ1v) is 9.47. The molecule has 0 radical (unpaired) electrons. The van der Waals surface area contributed by atoms with E-state index >= 15 is 0 Å². The number of likely N-dealkylation sites (tertiary alicyclic amines) is 2. The molecule has 1 aromatic rings. The quantitative estimate of drug-likeness (QED) is 0.827. The van der Waals surface area contributed by atoms with Gasteiger partial charge in [-0.3, -0.25) is 14.5 Å². The van der Waals surface area contributed by atoms with Gasteiger partial charge in [-0.05, 0) is 57.5 Å².